The van der Waals surface area contributed by atoms with Crippen LogP contribution in [0.2, 0.25) is 0 Å². The molecule has 0 unspecified atom stereocenters. The smallest absolute Gasteiger partial charge is 0.408 e. The van der Waals surface area contributed by atoms with Gasteiger partial charge in [0.25, 0.3) is 0 Å². The van der Waals surface area contributed by atoms with E-state index in [4.69, 9.17) is 10.5 Å². The van der Waals surface area contributed by atoms with E-state index in [-0.39, 0.29) is 5.75 Å². The van der Waals surface area contributed by atoms with E-state index in [2.05, 4.69) is 4.99 Å². The van der Waals surface area contributed by atoms with Crippen molar-refractivity contribution in [2.24, 2.45) is 4.99 Å². The summed E-state index contributed by atoms with van der Waals surface area (Å²) in [6.45, 7) is 0. The van der Waals surface area contributed by atoms with Crippen molar-refractivity contribution in [2.45, 2.75) is 0 Å². The number of anilines is 1. The van der Waals surface area contributed by atoms with Crippen molar-refractivity contribution in [3.63, 3.8) is 0 Å². The average Bonchev–Trinajstić information content (AvgIpc) is 2.40. The lowest BCUT2D eigenvalue weighted by molar-refractivity contribution is 0.211. The Kier molecular flexibility index (Phi) is 3.71. The molecule has 5 heteroatoms. The molecule has 2 aromatic carbocycles. The molecule has 0 aromatic heterocycles. The Morgan fingerprint density at radius 2 is 1.68 bits per heavy atom. The van der Waals surface area contributed by atoms with Crippen LogP contribution in [-0.4, -0.2) is 12.2 Å². The largest absolute Gasteiger partial charge is 0.450 e. The monoisotopic (exact) mass is 254 g/mol. The molecule has 5 nitrogen and oxygen atoms in total. The zero-order valence-electron chi connectivity index (χ0n) is 9.87. The Balaban J connectivity index is 2.45. The van der Waals surface area contributed by atoms with Crippen molar-refractivity contribution in [2.75, 3.05) is 5.73 Å². The average molecular weight is 254 g/mol. The van der Waals surface area contributed by atoms with Gasteiger partial charge in [-0.1, -0.05) is 41.4 Å². The number of nitrogen functional groups attached to an aromatic ring is 1. The third kappa shape index (κ3) is 2.86. The number of nitrogens with two attached hydrogens (primary N) is 1. The van der Waals surface area contributed by atoms with Crippen molar-refractivity contribution in [3.05, 3.63) is 48.5 Å². The molecule has 2 rings (SSSR count). The molecule has 1 amide bonds. The van der Waals surface area contributed by atoms with Gasteiger partial charge in [0.1, 0.15) is 5.75 Å². The molecule has 2 aromatic rings. The van der Waals surface area contributed by atoms with Crippen LogP contribution in [0.4, 0.5) is 10.5 Å². The van der Waals surface area contributed by atoms with Crippen molar-refractivity contribution in [1.82, 2.24) is 0 Å². The number of carbonyl (C=O) groups excluding carboxylic acids is 2. The zero-order valence-corrected chi connectivity index (χ0v) is 9.87. The number of benzene rings is 2. The Morgan fingerprint density at radius 1 is 1.05 bits per heavy atom. The number of carbonyl (C=O) groups is 1. The van der Waals surface area contributed by atoms with Gasteiger partial charge in [0.05, 0.1) is 0 Å². The summed E-state index contributed by atoms with van der Waals surface area (Å²) < 4.78 is 4.97. The molecule has 19 heavy (non-hydrogen) atoms. The number of para-hydroxylation sites is 2. The van der Waals surface area contributed by atoms with Crippen LogP contribution in [-0.2, 0) is 4.79 Å². The maximum Gasteiger partial charge on any atom is 0.450 e. The molecule has 0 aliphatic carbocycles. The molecule has 0 aliphatic heterocycles. The second kappa shape index (κ2) is 5.62. The summed E-state index contributed by atoms with van der Waals surface area (Å²) in [5.41, 5.74) is 7.83. The van der Waals surface area contributed by atoms with E-state index >= 15 is 0 Å². The normalized spacial score (nSPS) is 9.47. The van der Waals surface area contributed by atoms with E-state index in [1.807, 2.05) is 18.2 Å². The standard InChI is InChI=1S/C14H10N2O3/c15-12-7-3-1-5-10(12)11-6-2-4-8-13(11)19-14(18)16-9-17/h1-8H,15H2. The maximum atomic E-state index is 11.2. The van der Waals surface area contributed by atoms with Crippen LogP contribution in [0.25, 0.3) is 11.1 Å². The predicted octanol–water partition coefficient (Wildman–Crippen LogP) is 2.77. The Bertz CT molecular complexity index is 661. The van der Waals surface area contributed by atoms with Gasteiger partial charge < -0.3 is 10.5 Å². The molecule has 2 N–H and O–H groups in total. The number of nitrogens with zero attached hydrogens (tertiary/aromatic N) is 1. The first kappa shape index (κ1) is 12.5. The van der Waals surface area contributed by atoms with Crippen molar-refractivity contribution in [3.8, 4) is 16.9 Å². The first-order valence-electron chi connectivity index (χ1n) is 5.46. The number of rotatable bonds is 2. The summed E-state index contributed by atoms with van der Waals surface area (Å²) in [7, 11) is 0. The number of amides is 1. The van der Waals surface area contributed by atoms with Gasteiger partial charge in [-0.2, -0.15) is 0 Å². The summed E-state index contributed by atoms with van der Waals surface area (Å²) in [6, 6.07) is 14.1. The lowest BCUT2D eigenvalue weighted by Gasteiger charge is -2.10. The lowest BCUT2D eigenvalue weighted by atomic mass is 10.0. The molecule has 0 atom stereocenters. The van der Waals surface area contributed by atoms with Crippen molar-refractivity contribution < 1.29 is 14.3 Å². The molecular weight excluding hydrogens is 244 g/mol. The van der Waals surface area contributed by atoms with Crippen molar-refractivity contribution >= 4 is 17.9 Å². The van der Waals surface area contributed by atoms with Gasteiger partial charge >= 0.3 is 6.09 Å². The number of ether oxygens (including phenoxy) is 1. The Hall–Kier alpha value is -2.91. The van der Waals surface area contributed by atoms with Gasteiger partial charge in [0.2, 0.25) is 6.08 Å². The molecule has 0 spiro atoms. The highest BCUT2D eigenvalue weighted by Crippen LogP contribution is 2.33. The van der Waals surface area contributed by atoms with Gasteiger partial charge in [-0.3, -0.25) is 0 Å². The van der Waals surface area contributed by atoms with Gasteiger partial charge in [-0.15, -0.1) is 0 Å². The van der Waals surface area contributed by atoms with E-state index in [0.29, 0.717) is 11.3 Å². The highest BCUT2D eigenvalue weighted by atomic mass is 16.5. The number of aliphatic imine (C=N–C) groups is 1. The van der Waals surface area contributed by atoms with Crippen molar-refractivity contribution in [1.29, 1.82) is 0 Å². The number of isocyanates is 1. The molecular formula is C14H10N2O3. The molecule has 0 heterocycles. The summed E-state index contributed by atoms with van der Waals surface area (Å²) in [5, 5.41) is 0. The summed E-state index contributed by atoms with van der Waals surface area (Å²) >= 11 is 0. The topological polar surface area (TPSA) is 81.8 Å². The van der Waals surface area contributed by atoms with Gasteiger partial charge in [-0.25, -0.2) is 9.59 Å². The highest BCUT2D eigenvalue weighted by Gasteiger charge is 2.11. The van der Waals surface area contributed by atoms with Gasteiger partial charge in [0.15, 0.2) is 0 Å². The van der Waals surface area contributed by atoms with E-state index in [9.17, 15) is 9.59 Å². The molecule has 94 valence electrons. The molecule has 0 bridgehead atoms. The fraction of sp³-hybridized carbons (Fsp3) is 0. The molecule has 0 saturated heterocycles. The highest BCUT2D eigenvalue weighted by molar-refractivity contribution is 5.84. The minimum Gasteiger partial charge on any atom is -0.408 e. The van der Waals surface area contributed by atoms with Gasteiger partial charge in [-0.05, 0) is 12.1 Å². The fourth-order valence-corrected chi connectivity index (χ4v) is 1.67. The van der Waals surface area contributed by atoms with Crippen LogP contribution >= 0.6 is 0 Å². The second-order valence-electron chi connectivity index (χ2n) is 3.65. The van der Waals surface area contributed by atoms with E-state index in [0.717, 1.165) is 11.6 Å². The van der Waals surface area contributed by atoms with E-state index in [1.165, 1.54) is 0 Å². The first-order valence-corrected chi connectivity index (χ1v) is 5.46. The van der Waals surface area contributed by atoms with Crippen LogP contribution in [0, 0.1) is 0 Å². The fourth-order valence-electron chi connectivity index (χ4n) is 1.67. The molecule has 0 fully saturated rings. The summed E-state index contributed by atoms with van der Waals surface area (Å²) in [6.07, 6.45) is 0.117. The number of hydrogen-bond donors (Lipinski definition) is 1. The minimum absolute atomic E-state index is 0.282. The van der Waals surface area contributed by atoms with E-state index in [1.54, 1.807) is 30.3 Å². The maximum absolute atomic E-state index is 11.2. The van der Waals surface area contributed by atoms with Crippen LogP contribution < -0.4 is 10.5 Å². The summed E-state index contributed by atoms with van der Waals surface area (Å²) in [4.78, 5) is 24.1. The van der Waals surface area contributed by atoms with Crippen LogP contribution in [0.1, 0.15) is 0 Å². The Morgan fingerprint density at radius 3 is 2.37 bits per heavy atom. The second-order valence-corrected chi connectivity index (χ2v) is 3.65. The first-order chi connectivity index (χ1) is 9.22. The van der Waals surface area contributed by atoms with Crippen LogP contribution in [0.3, 0.4) is 0 Å². The van der Waals surface area contributed by atoms with Crippen LogP contribution in [0.15, 0.2) is 53.5 Å². The zero-order chi connectivity index (χ0) is 13.7. The molecule has 0 saturated carbocycles. The summed E-state index contributed by atoms with van der Waals surface area (Å²) in [5.74, 6) is 0.282. The third-order valence-corrected chi connectivity index (χ3v) is 2.47. The SMILES string of the molecule is Nc1ccccc1-c1ccccc1OC(=O)N=C=O. The quantitative estimate of drug-likeness (QED) is 0.507. The number of hydrogen-bond acceptors (Lipinski definition) is 4. The molecule has 0 radical (unpaired) electrons. The lowest BCUT2D eigenvalue weighted by Crippen LogP contribution is -2.03. The van der Waals surface area contributed by atoms with E-state index < -0.39 is 6.09 Å². The van der Waals surface area contributed by atoms with Gasteiger partial charge in [0, 0.05) is 16.8 Å². The third-order valence-electron chi connectivity index (χ3n) is 2.47. The van der Waals surface area contributed by atoms with Crippen LogP contribution in [0.5, 0.6) is 5.75 Å². The minimum atomic E-state index is -1.02. The Labute approximate surface area is 109 Å². The predicted molar refractivity (Wildman–Crippen MR) is 70.4 cm³/mol. The molecule has 0 aliphatic rings.